The summed E-state index contributed by atoms with van der Waals surface area (Å²) >= 11 is 2.31. The van der Waals surface area contributed by atoms with Crippen LogP contribution in [0.4, 0.5) is 8.78 Å². The molecular weight excluding hydrogens is 527 g/mol. The van der Waals surface area contributed by atoms with Gasteiger partial charge in [0, 0.05) is 54.5 Å². The van der Waals surface area contributed by atoms with Crippen molar-refractivity contribution in [2.24, 2.45) is 0 Å². The summed E-state index contributed by atoms with van der Waals surface area (Å²) in [6.45, 7) is 4.49. The lowest BCUT2D eigenvalue weighted by atomic mass is 9.92. The number of rotatable bonds is 8. The molecule has 0 aliphatic carbocycles. The third kappa shape index (κ3) is 5.89. The minimum atomic E-state index is -1.56. The molecule has 0 radical (unpaired) electrons. The Kier molecular flexibility index (Phi) is 7.49. The summed E-state index contributed by atoms with van der Waals surface area (Å²) < 4.78 is 30.8. The molecule has 0 bridgehead atoms. The van der Waals surface area contributed by atoms with Gasteiger partial charge in [-0.15, -0.1) is 0 Å². The topological polar surface area (TPSA) is 57.4 Å². The van der Waals surface area contributed by atoms with Crippen LogP contribution in [0, 0.1) is 15.2 Å². The zero-order valence-corrected chi connectivity index (χ0v) is 19.8. The maximum atomic E-state index is 14.6. The molecule has 1 aromatic heterocycles. The number of aromatic nitrogens is 3. The van der Waals surface area contributed by atoms with E-state index in [2.05, 4.69) is 66.7 Å². The van der Waals surface area contributed by atoms with Crippen molar-refractivity contribution in [3.63, 3.8) is 0 Å². The van der Waals surface area contributed by atoms with E-state index in [-0.39, 0.29) is 18.7 Å². The molecule has 32 heavy (non-hydrogen) atoms. The first-order chi connectivity index (χ1) is 15.4. The number of halogens is 3. The van der Waals surface area contributed by atoms with E-state index in [9.17, 15) is 13.9 Å². The number of hydrogen-bond donors (Lipinski definition) is 1. The summed E-state index contributed by atoms with van der Waals surface area (Å²) in [6.07, 6.45) is 3.84. The highest BCUT2D eigenvalue weighted by molar-refractivity contribution is 14.1. The van der Waals surface area contributed by atoms with E-state index >= 15 is 0 Å². The molecule has 9 heteroatoms. The predicted octanol–water partition coefficient (Wildman–Crippen LogP) is 2.91. The second kappa shape index (κ2) is 10.3. The van der Waals surface area contributed by atoms with E-state index in [1.165, 1.54) is 38.6 Å². The molecule has 1 fully saturated rings. The highest BCUT2D eigenvalue weighted by Crippen LogP contribution is 2.28. The SMILES string of the molecule is OC(CN1CCN(CCc2ccc(I)cc2)CC1)(Cn1cncn1)c1ccc(F)cc1F. The van der Waals surface area contributed by atoms with Gasteiger partial charge in [0.25, 0.3) is 0 Å². The molecule has 6 nitrogen and oxygen atoms in total. The van der Waals surface area contributed by atoms with Gasteiger partial charge in [0.05, 0.1) is 6.54 Å². The Balaban J connectivity index is 1.39. The Morgan fingerprint density at radius 3 is 2.34 bits per heavy atom. The number of β-amino-alcohol motifs (C(OH)–C–C–N with tert-alkyl or cyclic N) is 1. The van der Waals surface area contributed by atoms with Gasteiger partial charge in [-0.2, -0.15) is 5.10 Å². The first-order valence-corrected chi connectivity index (χ1v) is 11.7. The summed E-state index contributed by atoms with van der Waals surface area (Å²) in [4.78, 5) is 8.44. The lowest BCUT2D eigenvalue weighted by Gasteiger charge is -2.39. The quantitative estimate of drug-likeness (QED) is 0.435. The van der Waals surface area contributed by atoms with Crippen molar-refractivity contribution in [1.29, 1.82) is 0 Å². The van der Waals surface area contributed by atoms with E-state index in [1.807, 2.05) is 0 Å². The van der Waals surface area contributed by atoms with Crippen molar-refractivity contribution >= 4 is 22.6 Å². The van der Waals surface area contributed by atoms with Crippen LogP contribution in [0.25, 0.3) is 0 Å². The highest BCUT2D eigenvalue weighted by atomic mass is 127. The molecule has 0 spiro atoms. The number of nitrogens with zero attached hydrogens (tertiary/aromatic N) is 5. The largest absolute Gasteiger partial charge is 0.382 e. The average molecular weight is 553 g/mol. The second-order valence-electron chi connectivity index (χ2n) is 8.24. The maximum Gasteiger partial charge on any atom is 0.137 e. The number of benzene rings is 2. The summed E-state index contributed by atoms with van der Waals surface area (Å²) in [7, 11) is 0. The molecule has 1 aliphatic rings. The van der Waals surface area contributed by atoms with Gasteiger partial charge >= 0.3 is 0 Å². The first kappa shape index (κ1) is 23.2. The molecule has 4 rings (SSSR count). The van der Waals surface area contributed by atoms with Crippen molar-refractivity contribution in [2.45, 2.75) is 18.6 Å². The zero-order chi connectivity index (χ0) is 22.6. The number of aliphatic hydroxyl groups is 1. The Morgan fingerprint density at radius 2 is 1.69 bits per heavy atom. The fraction of sp³-hybridized carbons (Fsp3) is 0.391. The Hall–Kier alpha value is -1.95. The van der Waals surface area contributed by atoms with E-state index < -0.39 is 17.2 Å². The van der Waals surface area contributed by atoms with Crippen LogP contribution in [0.3, 0.4) is 0 Å². The molecular formula is C23H26F2IN5O. The predicted molar refractivity (Wildman–Crippen MR) is 126 cm³/mol. The third-order valence-electron chi connectivity index (χ3n) is 5.90. The van der Waals surface area contributed by atoms with Crippen molar-refractivity contribution < 1.29 is 13.9 Å². The van der Waals surface area contributed by atoms with Crippen LogP contribution in [0.2, 0.25) is 0 Å². The monoisotopic (exact) mass is 553 g/mol. The zero-order valence-electron chi connectivity index (χ0n) is 17.7. The lowest BCUT2D eigenvalue weighted by Crippen LogP contribution is -2.52. The Bertz CT molecular complexity index is 1010. The van der Waals surface area contributed by atoms with Crippen LogP contribution < -0.4 is 0 Å². The summed E-state index contributed by atoms with van der Waals surface area (Å²) in [5.41, 5.74) is -0.174. The number of hydrogen-bond acceptors (Lipinski definition) is 5. The molecule has 1 unspecified atom stereocenters. The summed E-state index contributed by atoms with van der Waals surface area (Å²) in [6, 6.07) is 11.9. The molecule has 0 saturated carbocycles. The molecule has 1 saturated heterocycles. The van der Waals surface area contributed by atoms with E-state index in [4.69, 9.17) is 0 Å². The fourth-order valence-corrected chi connectivity index (χ4v) is 4.51. The van der Waals surface area contributed by atoms with Gasteiger partial charge in [-0.3, -0.25) is 4.90 Å². The van der Waals surface area contributed by atoms with Crippen LogP contribution in [-0.4, -0.2) is 68.9 Å². The van der Waals surface area contributed by atoms with Gasteiger partial charge in [0.1, 0.15) is 29.9 Å². The summed E-state index contributed by atoms with van der Waals surface area (Å²) in [5, 5.41) is 15.6. The van der Waals surface area contributed by atoms with Crippen LogP contribution >= 0.6 is 22.6 Å². The molecule has 0 amide bonds. The van der Waals surface area contributed by atoms with Crippen molar-refractivity contribution in [3.8, 4) is 0 Å². The molecule has 1 aliphatic heterocycles. The first-order valence-electron chi connectivity index (χ1n) is 10.6. The van der Waals surface area contributed by atoms with Crippen molar-refractivity contribution in [3.05, 3.63) is 81.5 Å². The molecule has 1 atom stereocenters. The van der Waals surface area contributed by atoms with Crippen LogP contribution in [0.1, 0.15) is 11.1 Å². The van der Waals surface area contributed by atoms with Crippen molar-refractivity contribution in [1.82, 2.24) is 24.6 Å². The number of piperazine rings is 1. The van der Waals surface area contributed by atoms with Crippen molar-refractivity contribution in [2.75, 3.05) is 39.3 Å². The standard InChI is InChI=1S/C23H26F2IN5O/c24-19-3-6-21(22(25)13-19)23(32,15-31-17-27-16-28-31)14-30-11-9-29(10-12-30)8-7-18-1-4-20(26)5-2-18/h1-6,13,16-17,32H,7-12,14-15H2. The molecule has 2 aromatic carbocycles. The molecule has 170 valence electrons. The van der Waals surface area contributed by atoms with Gasteiger partial charge in [0.2, 0.25) is 0 Å². The highest BCUT2D eigenvalue weighted by Gasteiger charge is 2.36. The molecule has 2 heterocycles. The lowest BCUT2D eigenvalue weighted by molar-refractivity contribution is -0.0317. The molecule has 3 aromatic rings. The minimum absolute atomic E-state index is 0.0303. The smallest absolute Gasteiger partial charge is 0.137 e. The summed E-state index contributed by atoms with van der Waals surface area (Å²) in [5.74, 6) is -1.43. The van der Waals surface area contributed by atoms with E-state index in [1.54, 1.807) is 0 Å². The Morgan fingerprint density at radius 1 is 0.969 bits per heavy atom. The van der Waals surface area contributed by atoms with Crippen LogP contribution in [-0.2, 0) is 18.6 Å². The Labute approximate surface area is 200 Å². The minimum Gasteiger partial charge on any atom is -0.382 e. The van der Waals surface area contributed by atoms with Gasteiger partial charge in [-0.1, -0.05) is 18.2 Å². The normalized spacial score (nSPS) is 17.4. The third-order valence-corrected chi connectivity index (χ3v) is 6.62. The van der Waals surface area contributed by atoms with Crippen LogP contribution in [0.5, 0.6) is 0 Å². The van der Waals surface area contributed by atoms with Crippen LogP contribution in [0.15, 0.2) is 55.1 Å². The molecule has 1 N–H and O–H groups in total. The van der Waals surface area contributed by atoms with Gasteiger partial charge in [0.15, 0.2) is 0 Å². The second-order valence-corrected chi connectivity index (χ2v) is 9.49. The average Bonchev–Trinajstić information content (AvgIpc) is 3.27. The van der Waals surface area contributed by atoms with E-state index in [0.29, 0.717) is 0 Å². The van der Waals surface area contributed by atoms with Gasteiger partial charge in [-0.05, 0) is 52.8 Å². The van der Waals surface area contributed by atoms with Gasteiger partial charge in [-0.25, -0.2) is 18.4 Å². The fourth-order valence-electron chi connectivity index (χ4n) is 4.15. The van der Waals surface area contributed by atoms with Gasteiger partial charge < -0.3 is 10.0 Å². The maximum absolute atomic E-state index is 14.6. The van der Waals surface area contributed by atoms with E-state index in [0.717, 1.165) is 45.2 Å².